The molecule has 2 heteroatoms. The highest BCUT2D eigenvalue weighted by molar-refractivity contribution is 7.92. The molecule has 0 spiro atoms. The summed E-state index contributed by atoms with van der Waals surface area (Å²) in [5.74, 6) is 0. The van der Waals surface area contributed by atoms with Crippen molar-refractivity contribution in [2.24, 2.45) is 0 Å². The van der Waals surface area contributed by atoms with Crippen LogP contribution in [-0.4, -0.2) is 23.0 Å². The van der Waals surface area contributed by atoms with Gasteiger partial charge in [0.15, 0.2) is 18.0 Å². The summed E-state index contributed by atoms with van der Waals surface area (Å²) in [6.07, 6.45) is 2.02. The molecule has 42 valence electrons. The zero-order valence-corrected chi connectivity index (χ0v) is 5.96. The average molecular weight is 118 g/mol. The lowest BCUT2D eigenvalue weighted by atomic mass is 10.4. The van der Waals surface area contributed by atoms with E-state index in [1.54, 1.807) is 11.9 Å². The van der Waals surface area contributed by atoms with E-state index in [9.17, 15) is 0 Å². The molecule has 0 aromatic rings. The maximum atomic E-state index is 3.75. The summed E-state index contributed by atoms with van der Waals surface area (Å²) in [4.78, 5) is 0. The Morgan fingerprint density at radius 2 is 2.00 bits per heavy atom. The Balaban J connectivity index is 3.35. The molecule has 0 aromatic heterocycles. The van der Waals surface area contributed by atoms with Crippen LogP contribution < -0.4 is 0 Å². The Kier molecular flexibility index (Phi) is 3.09. The molecular weight excluding hydrogens is 106 g/mol. The molecule has 0 saturated heterocycles. The van der Waals surface area contributed by atoms with Crippen LogP contribution in [0, 0.1) is 0 Å². The van der Waals surface area contributed by atoms with E-state index in [0.29, 0.717) is 6.04 Å². The third kappa shape index (κ3) is 2.68. The van der Waals surface area contributed by atoms with Gasteiger partial charge in [-0.3, -0.25) is 0 Å². The molecule has 0 aliphatic heterocycles. The van der Waals surface area contributed by atoms with Gasteiger partial charge in [-0.25, -0.2) is 0 Å². The first-order valence-electron chi connectivity index (χ1n) is 2.32. The maximum absolute atomic E-state index is 3.75. The van der Waals surface area contributed by atoms with Crippen LogP contribution >= 0.6 is 11.9 Å². The second kappa shape index (κ2) is 3.08. The number of rotatable bonds is 2. The maximum Gasteiger partial charge on any atom is 0.160 e. The predicted molar refractivity (Wildman–Crippen MR) is 36.0 cm³/mol. The summed E-state index contributed by atoms with van der Waals surface area (Å²) in [5, 5.41) is 0. The smallest absolute Gasteiger partial charge is 0.160 e. The van der Waals surface area contributed by atoms with Crippen molar-refractivity contribution in [3.8, 4) is 0 Å². The van der Waals surface area contributed by atoms with Crippen LogP contribution in [-0.2, 0) is 0 Å². The van der Waals surface area contributed by atoms with Crippen molar-refractivity contribution in [3.63, 3.8) is 0 Å². The third-order valence-corrected chi connectivity index (χ3v) is 1.70. The highest BCUT2D eigenvalue weighted by Crippen LogP contribution is 1.97. The fraction of sp³-hybridized carbons (Fsp3) is 0.800. The van der Waals surface area contributed by atoms with Gasteiger partial charge in [0.25, 0.3) is 0 Å². The zero-order valence-electron chi connectivity index (χ0n) is 5.14. The highest BCUT2D eigenvalue weighted by atomic mass is 32.2. The van der Waals surface area contributed by atoms with Crippen molar-refractivity contribution in [1.29, 1.82) is 0 Å². The highest BCUT2D eigenvalue weighted by Gasteiger charge is 2.01. The summed E-state index contributed by atoms with van der Waals surface area (Å²) in [6, 6.07) is 0.551. The van der Waals surface area contributed by atoms with Crippen LogP contribution in [0.3, 0.4) is 0 Å². The molecule has 0 unspecified atom stereocenters. The van der Waals surface area contributed by atoms with E-state index < -0.39 is 0 Å². The summed E-state index contributed by atoms with van der Waals surface area (Å²) in [7, 11) is 0. The second-order valence-electron chi connectivity index (χ2n) is 1.69. The largest absolute Gasteiger partial charge is 0.171 e. The molecule has 0 aliphatic rings. The van der Waals surface area contributed by atoms with Crippen LogP contribution in [0.2, 0.25) is 0 Å². The Labute approximate surface area is 49.6 Å². The molecule has 0 heterocycles. The fourth-order valence-electron chi connectivity index (χ4n) is 0.211. The first kappa shape index (κ1) is 7.02. The van der Waals surface area contributed by atoms with Crippen LogP contribution in [0.1, 0.15) is 13.8 Å². The van der Waals surface area contributed by atoms with Crippen molar-refractivity contribution in [1.82, 2.24) is 0 Å². The topological polar surface area (TPSA) is 3.01 Å². The average Bonchev–Trinajstić information content (AvgIpc) is 1.65. The summed E-state index contributed by atoms with van der Waals surface area (Å²) < 4.78 is 1.96. The van der Waals surface area contributed by atoms with E-state index in [1.165, 1.54) is 0 Å². The molecule has 0 aliphatic carbocycles. The first-order chi connectivity index (χ1) is 3.18. The van der Waals surface area contributed by atoms with Gasteiger partial charge in [0.05, 0.1) is 0 Å². The van der Waals surface area contributed by atoms with Gasteiger partial charge in [-0.2, -0.15) is 3.98 Å². The Hall–Kier alpha value is 0.0200. The lowest BCUT2D eigenvalue weighted by Crippen LogP contribution is -2.09. The van der Waals surface area contributed by atoms with E-state index >= 15 is 0 Å². The van der Waals surface area contributed by atoms with Crippen molar-refractivity contribution in [2.45, 2.75) is 19.9 Å². The Bertz CT molecular complexity index is 68.5. The van der Waals surface area contributed by atoms with Gasteiger partial charge in [0.2, 0.25) is 0 Å². The molecular formula is C5H12NS+. The van der Waals surface area contributed by atoms with E-state index in [0.717, 1.165) is 0 Å². The second-order valence-corrected chi connectivity index (χ2v) is 2.53. The van der Waals surface area contributed by atoms with Gasteiger partial charge in [-0.15, -0.1) is 0 Å². The summed E-state index contributed by atoms with van der Waals surface area (Å²) in [6.45, 7) is 7.98. The minimum atomic E-state index is 0.551. The molecule has 0 rings (SSSR count). The van der Waals surface area contributed by atoms with E-state index in [-0.39, 0.29) is 0 Å². The molecule has 0 saturated carbocycles. The third-order valence-electron chi connectivity index (χ3n) is 0.810. The van der Waals surface area contributed by atoms with Gasteiger partial charge < -0.3 is 0 Å². The standard InChI is InChI=1S/C5H12NS/c1-5(2)6(3)7-4/h5H,3H2,1-2,4H3/q+1. The Morgan fingerprint density at radius 3 is 2.00 bits per heavy atom. The van der Waals surface area contributed by atoms with E-state index in [1.807, 2.05) is 10.2 Å². The van der Waals surface area contributed by atoms with Crippen molar-refractivity contribution < 1.29 is 3.98 Å². The van der Waals surface area contributed by atoms with Crippen molar-refractivity contribution >= 4 is 18.7 Å². The summed E-state index contributed by atoms with van der Waals surface area (Å²) >= 11 is 1.66. The molecule has 0 aromatic carbocycles. The molecule has 0 amide bonds. The van der Waals surface area contributed by atoms with Gasteiger partial charge in [-0.1, -0.05) is 0 Å². The van der Waals surface area contributed by atoms with E-state index in [4.69, 9.17) is 0 Å². The van der Waals surface area contributed by atoms with Gasteiger partial charge in [-0.05, 0) is 13.8 Å². The van der Waals surface area contributed by atoms with Crippen LogP contribution in [0.4, 0.5) is 0 Å². The quantitative estimate of drug-likeness (QED) is 0.301. The normalized spacial score (nSPS) is 9.71. The lowest BCUT2D eigenvalue weighted by Gasteiger charge is -1.95. The fourth-order valence-corrected chi connectivity index (χ4v) is 0.632. The number of nitrogens with zero attached hydrogens (tertiary/aromatic N) is 1. The molecule has 0 atom stereocenters. The molecule has 0 N–H and O–H groups in total. The summed E-state index contributed by atoms with van der Waals surface area (Å²) in [5.41, 5.74) is 0. The first-order valence-corrected chi connectivity index (χ1v) is 3.50. The molecule has 7 heavy (non-hydrogen) atoms. The molecule has 0 bridgehead atoms. The number of hydrogen-bond acceptors (Lipinski definition) is 1. The number of hydrogen-bond donors (Lipinski definition) is 0. The minimum absolute atomic E-state index is 0.551. The van der Waals surface area contributed by atoms with Crippen LogP contribution in [0.15, 0.2) is 0 Å². The minimum Gasteiger partial charge on any atom is -0.171 e. The lowest BCUT2D eigenvalue weighted by molar-refractivity contribution is -0.377. The monoisotopic (exact) mass is 118 g/mol. The van der Waals surface area contributed by atoms with Crippen LogP contribution in [0.25, 0.3) is 0 Å². The predicted octanol–water partition coefficient (Wildman–Crippen LogP) is 1.39. The Morgan fingerprint density at radius 1 is 1.57 bits per heavy atom. The molecule has 1 nitrogen and oxygen atoms in total. The molecule has 0 radical (unpaired) electrons. The SMILES string of the molecule is C=[N+](SC)C(C)C. The van der Waals surface area contributed by atoms with E-state index in [2.05, 4.69) is 20.6 Å². The van der Waals surface area contributed by atoms with Crippen molar-refractivity contribution in [3.05, 3.63) is 0 Å². The van der Waals surface area contributed by atoms with Gasteiger partial charge in [0, 0.05) is 6.26 Å². The zero-order chi connectivity index (χ0) is 5.86. The van der Waals surface area contributed by atoms with Crippen molar-refractivity contribution in [2.75, 3.05) is 6.26 Å². The van der Waals surface area contributed by atoms with Crippen LogP contribution in [0.5, 0.6) is 0 Å². The van der Waals surface area contributed by atoms with Gasteiger partial charge in [0.1, 0.15) is 6.72 Å². The van der Waals surface area contributed by atoms with Gasteiger partial charge >= 0.3 is 0 Å². The molecule has 0 fully saturated rings.